The van der Waals surface area contributed by atoms with Crippen molar-refractivity contribution in [2.75, 3.05) is 11.4 Å². The third kappa shape index (κ3) is 7.18. The maximum Gasteiger partial charge on any atom is 0.305 e. The molecule has 0 aliphatic heterocycles. The molecule has 1 amide bonds. The highest BCUT2D eigenvalue weighted by molar-refractivity contribution is 6.30. The lowest BCUT2D eigenvalue weighted by Gasteiger charge is -2.22. The number of aliphatic carboxylic acids is 1. The summed E-state index contributed by atoms with van der Waals surface area (Å²) in [6.07, 6.45) is -2.54. The normalized spacial score (nSPS) is 12.9. The van der Waals surface area contributed by atoms with Gasteiger partial charge in [-0.05, 0) is 74.2 Å². The lowest BCUT2D eigenvalue weighted by Crippen LogP contribution is -2.32. The molecular formula is C28H33ClFN3O5. The van der Waals surface area contributed by atoms with Crippen molar-refractivity contribution in [2.24, 2.45) is 0 Å². The predicted molar refractivity (Wildman–Crippen MR) is 144 cm³/mol. The summed E-state index contributed by atoms with van der Waals surface area (Å²) < 4.78 is 15.5. The number of nitrogens with zero attached hydrogens (tertiary/aromatic N) is 3. The molecule has 2 aromatic carbocycles. The number of anilines is 1. The number of hydrogen-bond donors (Lipinski definition) is 3. The Balaban J connectivity index is 2.03. The fourth-order valence-corrected chi connectivity index (χ4v) is 4.57. The maximum atomic E-state index is 13.8. The minimum atomic E-state index is -1.18. The number of benzene rings is 2. The second-order valence-corrected chi connectivity index (χ2v) is 9.87. The van der Waals surface area contributed by atoms with E-state index in [4.69, 9.17) is 21.7 Å². The number of aromatic nitrogens is 2. The number of carbonyl (C=O) groups excluding carboxylic acids is 1. The highest BCUT2D eigenvalue weighted by Crippen LogP contribution is 2.31. The number of hydrogen-bond acceptors (Lipinski definition) is 5. The highest BCUT2D eigenvalue weighted by atomic mass is 35.5. The molecule has 38 heavy (non-hydrogen) atoms. The molecular weight excluding hydrogens is 513 g/mol. The molecule has 0 bridgehead atoms. The third-order valence-corrected chi connectivity index (χ3v) is 6.45. The van der Waals surface area contributed by atoms with Gasteiger partial charge in [0.2, 0.25) is 0 Å². The minimum Gasteiger partial charge on any atom is -0.481 e. The predicted octanol–water partition coefficient (Wildman–Crippen LogP) is 5.11. The van der Waals surface area contributed by atoms with E-state index in [2.05, 4.69) is 0 Å². The van der Waals surface area contributed by atoms with E-state index < -0.39 is 30.4 Å². The number of imidazole rings is 1. The van der Waals surface area contributed by atoms with Crippen molar-refractivity contribution in [1.82, 2.24) is 9.55 Å². The Kier molecular flexibility index (Phi) is 10.0. The van der Waals surface area contributed by atoms with Gasteiger partial charge in [-0.1, -0.05) is 25.4 Å². The molecule has 0 saturated heterocycles. The number of halogens is 2. The Morgan fingerprint density at radius 3 is 2.24 bits per heavy atom. The molecule has 204 valence electrons. The summed E-state index contributed by atoms with van der Waals surface area (Å²) in [5, 5.41) is 29.9. The number of aliphatic hydroxyl groups excluding tert-OH is 2. The van der Waals surface area contributed by atoms with Crippen LogP contribution in [0, 0.1) is 5.82 Å². The topological polar surface area (TPSA) is 116 Å². The first kappa shape index (κ1) is 29.3. The van der Waals surface area contributed by atoms with Crippen molar-refractivity contribution in [2.45, 2.75) is 64.7 Å². The quantitative estimate of drug-likeness (QED) is 0.291. The summed E-state index contributed by atoms with van der Waals surface area (Å²) >= 11 is 6.03. The van der Waals surface area contributed by atoms with Gasteiger partial charge in [-0.25, -0.2) is 9.37 Å². The zero-order chi connectivity index (χ0) is 28.0. The second-order valence-electron chi connectivity index (χ2n) is 9.44. The molecule has 0 spiro atoms. The number of carboxylic acids is 1. The molecule has 0 radical (unpaired) electrons. The third-order valence-electron chi connectivity index (χ3n) is 6.20. The standard InChI is InChI=1S/C28H33ClFN3O5/c1-4-32(21-11-7-19(29)8-12-21)28(38)25-26(17(2)3)33(14-13-22(34)15-23(35)16-24(36)37)27(31-25)18-5-9-20(30)10-6-18/h5-12,17,22-23,34-35H,4,13-16H2,1-3H3,(H,36,37)/t22-,23-/m1/s1. The van der Waals surface area contributed by atoms with Crippen LogP contribution in [0.2, 0.25) is 5.02 Å². The molecule has 0 aliphatic rings. The number of carboxylic acid groups (broad SMARTS) is 1. The van der Waals surface area contributed by atoms with Gasteiger partial charge in [0.15, 0.2) is 5.69 Å². The Morgan fingerprint density at radius 1 is 1.05 bits per heavy atom. The van der Waals surface area contributed by atoms with Crippen molar-refractivity contribution < 1.29 is 29.3 Å². The van der Waals surface area contributed by atoms with Crippen LogP contribution < -0.4 is 4.90 Å². The van der Waals surface area contributed by atoms with Gasteiger partial charge in [0.1, 0.15) is 11.6 Å². The molecule has 0 aliphatic carbocycles. The Morgan fingerprint density at radius 2 is 1.68 bits per heavy atom. The van der Waals surface area contributed by atoms with Gasteiger partial charge in [-0.15, -0.1) is 0 Å². The van der Waals surface area contributed by atoms with Crippen LogP contribution in [-0.2, 0) is 11.3 Å². The van der Waals surface area contributed by atoms with Crippen LogP contribution in [0.15, 0.2) is 48.5 Å². The number of aliphatic hydroxyl groups is 2. The van der Waals surface area contributed by atoms with Gasteiger partial charge < -0.3 is 24.8 Å². The molecule has 3 aromatic rings. The molecule has 10 heteroatoms. The first-order valence-electron chi connectivity index (χ1n) is 12.5. The van der Waals surface area contributed by atoms with E-state index in [-0.39, 0.29) is 36.9 Å². The summed E-state index contributed by atoms with van der Waals surface area (Å²) in [6, 6.07) is 12.7. The van der Waals surface area contributed by atoms with Gasteiger partial charge >= 0.3 is 5.97 Å². The van der Waals surface area contributed by atoms with Gasteiger partial charge in [0.05, 0.1) is 24.3 Å². The van der Waals surface area contributed by atoms with Crippen LogP contribution in [0.3, 0.4) is 0 Å². The number of rotatable bonds is 12. The van der Waals surface area contributed by atoms with E-state index in [9.17, 15) is 24.2 Å². The van der Waals surface area contributed by atoms with Crippen LogP contribution >= 0.6 is 11.6 Å². The van der Waals surface area contributed by atoms with Crippen LogP contribution in [0.5, 0.6) is 0 Å². The molecule has 0 fully saturated rings. The van der Waals surface area contributed by atoms with Crippen LogP contribution in [0.4, 0.5) is 10.1 Å². The number of amides is 1. The first-order chi connectivity index (χ1) is 18.0. The molecule has 1 heterocycles. The van der Waals surface area contributed by atoms with Gasteiger partial charge in [-0.3, -0.25) is 9.59 Å². The summed E-state index contributed by atoms with van der Waals surface area (Å²) in [5.74, 6) is -1.55. The Bertz CT molecular complexity index is 1240. The van der Waals surface area contributed by atoms with Gasteiger partial charge in [0.25, 0.3) is 5.91 Å². The Hall–Kier alpha value is -3.27. The largest absolute Gasteiger partial charge is 0.481 e. The molecule has 0 unspecified atom stereocenters. The molecule has 3 N–H and O–H groups in total. The van der Waals surface area contributed by atoms with E-state index in [1.807, 2.05) is 25.3 Å². The van der Waals surface area contributed by atoms with Crippen LogP contribution in [0.25, 0.3) is 11.4 Å². The molecule has 2 atom stereocenters. The minimum absolute atomic E-state index is 0.101. The summed E-state index contributed by atoms with van der Waals surface area (Å²) in [4.78, 5) is 31.0. The lowest BCUT2D eigenvalue weighted by molar-refractivity contribution is -0.139. The first-order valence-corrected chi connectivity index (χ1v) is 12.9. The Labute approximate surface area is 226 Å². The fourth-order valence-electron chi connectivity index (χ4n) is 4.44. The average Bonchev–Trinajstić information content (AvgIpc) is 3.24. The van der Waals surface area contributed by atoms with Crippen molar-refractivity contribution in [3.63, 3.8) is 0 Å². The van der Waals surface area contributed by atoms with E-state index in [0.29, 0.717) is 34.3 Å². The molecule has 0 saturated carbocycles. The van der Waals surface area contributed by atoms with Crippen LogP contribution in [-0.4, -0.2) is 55.5 Å². The maximum absolute atomic E-state index is 13.8. The summed E-state index contributed by atoms with van der Waals surface area (Å²) in [6.45, 7) is 6.36. The van der Waals surface area contributed by atoms with E-state index in [0.717, 1.165) is 0 Å². The van der Waals surface area contributed by atoms with E-state index in [1.165, 1.54) is 12.1 Å². The van der Waals surface area contributed by atoms with Crippen LogP contribution in [0.1, 0.15) is 62.1 Å². The van der Waals surface area contributed by atoms with Crippen molar-refractivity contribution >= 4 is 29.2 Å². The monoisotopic (exact) mass is 545 g/mol. The zero-order valence-electron chi connectivity index (χ0n) is 21.6. The SMILES string of the molecule is CCN(C(=O)c1nc(-c2ccc(F)cc2)n(CC[C@@H](O)C[C@@H](O)CC(=O)O)c1C(C)C)c1ccc(Cl)cc1. The van der Waals surface area contributed by atoms with E-state index >= 15 is 0 Å². The molecule has 8 nitrogen and oxygen atoms in total. The molecule has 1 aromatic heterocycles. The van der Waals surface area contributed by atoms with Crippen molar-refractivity contribution in [3.8, 4) is 11.4 Å². The van der Waals surface area contributed by atoms with E-state index in [1.54, 1.807) is 41.3 Å². The number of carbonyl (C=O) groups is 2. The summed E-state index contributed by atoms with van der Waals surface area (Å²) in [5.41, 5.74) is 2.16. The summed E-state index contributed by atoms with van der Waals surface area (Å²) in [7, 11) is 0. The smallest absolute Gasteiger partial charge is 0.305 e. The van der Waals surface area contributed by atoms with Gasteiger partial charge in [-0.2, -0.15) is 0 Å². The second kappa shape index (κ2) is 13.0. The average molecular weight is 546 g/mol. The fraction of sp³-hybridized carbons (Fsp3) is 0.393. The highest BCUT2D eigenvalue weighted by Gasteiger charge is 2.29. The van der Waals surface area contributed by atoms with Gasteiger partial charge in [0, 0.05) is 29.4 Å². The van der Waals surface area contributed by atoms with Crippen molar-refractivity contribution in [1.29, 1.82) is 0 Å². The lowest BCUT2D eigenvalue weighted by atomic mass is 10.0. The van der Waals surface area contributed by atoms with Crippen molar-refractivity contribution in [3.05, 3.63) is 70.8 Å². The molecule has 3 rings (SSSR count). The zero-order valence-corrected chi connectivity index (χ0v) is 22.4.